The van der Waals surface area contributed by atoms with Gasteiger partial charge in [0.05, 0.1) is 5.69 Å². The van der Waals surface area contributed by atoms with Crippen LogP contribution in [0.15, 0.2) is 30.6 Å². The molecule has 18 heavy (non-hydrogen) atoms. The summed E-state index contributed by atoms with van der Waals surface area (Å²) >= 11 is 0. The van der Waals surface area contributed by atoms with Crippen LogP contribution in [0.3, 0.4) is 0 Å². The fourth-order valence-corrected chi connectivity index (χ4v) is 1.90. The number of carbonyl (C=O) groups excluding carboxylic acids is 1. The molecule has 0 atom stereocenters. The first-order valence-electron chi connectivity index (χ1n) is 6.11. The van der Waals surface area contributed by atoms with Gasteiger partial charge in [0.2, 0.25) is 0 Å². The normalized spacial score (nSPS) is 10.6. The average Bonchev–Trinajstić information content (AvgIpc) is 2.71. The van der Waals surface area contributed by atoms with E-state index < -0.39 is 0 Å². The molecular formula is C14H17N3O. The molecule has 0 radical (unpaired) electrons. The van der Waals surface area contributed by atoms with Crippen LogP contribution in [0.4, 0.5) is 0 Å². The summed E-state index contributed by atoms with van der Waals surface area (Å²) in [5.41, 5.74) is 3.02. The molecule has 0 aliphatic heterocycles. The highest BCUT2D eigenvalue weighted by atomic mass is 16.1. The number of hydrogen-bond donors (Lipinski definition) is 0. The quantitative estimate of drug-likeness (QED) is 0.803. The van der Waals surface area contributed by atoms with Crippen molar-refractivity contribution < 1.29 is 4.79 Å². The SMILES string of the molecule is CCc1cc(CC(=O)Cc2ccncc2)n(C)n1. The number of Topliss-reactive ketones (excluding diaryl/α,β-unsaturated/α-hetero) is 1. The Morgan fingerprint density at radius 1 is 1.28 bits per heavy atom. The Hall–Kier alpha value is -1.97. The molecule has 0 aromatic carbocycles. The molecule has 0 amide bonds. The molecule has 4 nitrogen and oxygen atoms in total. The highest BCUT2D eigenvalue weighted by Gasteiger charge is 2.10. The molecule has 2 heterocycles. The van der Waals surface area contributed by atoms with E-state index in [1.54, 1.807) is 17.1 Å². The molecule has 0 saturated carbocycles. The Morgan fingerprint density at radius 3 is 2.61 bits per heavy atom. The lowest BCUT2D eigenvalue weighted by molar-refractivity contribution is -0.117. The van der Waals surface area contributed by atoms with Crippen molar-refractivity contribution in [1.29, 1.82) is 0 Å². The van der Waals surface area contributed by atoms with Gasteiger partial charge in [-0.1, -0.05) is 6.92 Å². The summed E-state index contributed by atoms with van der Waals surface area (Å²) in [6, 6.07) is 5.75. The molecule has 0 saturated heterocycles. The van der Waals surface area contributed by atoms with Gasteiger partial charge in [-0.3, -0.25) is 14.5 Å². The molecule has 0 unspecified atom stereocenters. The van der Waals surface area contributed by atoms with Crippen molar-refractivity contribution in [2.75, 3.05) is 0 Å². The van der Waals surface area contributed by atoms with Crippen LogP contribution in [0, 0.1) is 0 Å². The first kappa shape index (κ1) is 12.5. The molecule has 0 bridgehead atoms. The molecule has 2 rings (SSSR count). The molecular weight excluding hydrogens is 226 g/mol. The van der Waals surface area contributed by atoms with Crippen LogP contribution in [0.5, 0.6) is 0 Å². The number of hydrogen-bond acceptors (Lipinski definition) is 3. The van der Waals surface area contributed by atoms with E-state index >= 15 is 0 Å². The molecule has 0 fully saturated rings. The van der Waals surface area contributed by atoms with Crippen molar-refractivity contribution in [1.82, 2.24) is 14.8 Å². The topological polar surface area (TPSA) is 47.8 Å². The fraction of sp³-hybridized carbons (Fsp3) is 0.357. The highest BCUT2D eigenvalue weighted by molar-refractivity contribution is 5.82. The van der Waals surface area contributed by atoms with E-state index in [9.17, 15) is 4.79 Å². The number of aromatic nitrogens is 3. The molecule has 94 valence electrons. The molecule has 4 heteroatoms. The van der Waals surface area contributed by atoms with E-state index in [0.29, 0.717) is 12.8 Å². The van der Waals surface area contributed by atoms with Gasteiger partial charge in [-0.2, -0.15) is 5.10 Å². The zero-order chi connectivity index (χ0) is 13.0. The standard InChI is InChI=1S/C14H17N3O/c1-3-12-9-13(17(2)16-12)10-14(18)8-11-4-6-15-7-5-11/h4-7,9H,3,8,10H2,1-2H3. The van der Waals surface area contributed by atoms with Crippen LogP contribution < -0.4 is 0 Å². The first-order valence-corrected chi connectivity index (χ1v) is 6.11. The summed E-state index contributed by atoms with van der Waals surface area (Å²) in [6.45, 7) is 2.06. The third-order valence-corrected chi connectivity index (χ3v) is 2.92. The van der Waals surface area contributed by atoms with E-state index in [2.05, 4.69) is 17.0 Å². The predicted octanol–water partition coefficient (Wildman–Crippen LogP) is 1.73. The van der Waals surface area contributed by atoms with Crippen molar-refractivity contribution in [3.63, 3.8) is 0 Å². The van der Waals surface area contributed by atoms with Crippen molar-refractivity contribution in [2.45, 2.75) is 26.2 Å². The predicted molar refractivity (Wildman–Crippen MR) is 69.2 cm³/mol. The summed E-state index contributed by atoms with van der Waals surface area (Å²) < 4.78 is 1.79. The minimum atomic E-state index is 0.201. The minimum absolute atomic E-state index is 0.201. The maximum absolute atomic E-state index is 12.0. The molecule has 2 aromatic heterocycles. The lowest BCUT2D eigenvalue weighted by Gasteiger charge is -2.01. The Labute approximate surface area is 107 Å². The van der Waals surface area contributed by atoms with Crippen molar-refractivity contribution in [2.24, 2.45) is 7.05 Å². The molecule has 0 aliphatic carbocycles. The summed E-state index contributed by atoms with van der Waals surface area (Å²) in [7, 11) is 1.88. The van der Waals surface area contributed by atoms with Gasteiger partial charge in [0.15, 0.2) is 0 Å². The molecule has 2 aromatic rings. The highest BCUT2D eigenvalue weighted by Crippen LogP contribution is 2.07. The largest absolute Gasteiger partial charge is 0.299 e. The van der Waals surface area contributed by atoms with Gasteiger partial charge in [0.1, 0.15) is 5.78 Å². The zero-order valence-corrected chi connectivity index (χ0v) is 10.8. The van der Waals surface area contributed by atoms with E-state index in [1.807, 2.05) is 25.2 Å². The molecule has 0 spiro atoms. The number of nitrogens with zero attached hydrogens (tertiary/aromatic N) is 3. The van der Waals surface area contributed by atoms with E-state index in [-0.39, 0.29) is 5.78 Å². The second-order valence-electron chi connectivity index (χ2n) is 4.35. The van der Waals surface area contributed by atoms with Crippen molar-refractivity contribution in [3.8, 4) is 0 Å². The lowest BCUT2D eigenvalue weighted by Crippen LogP contribution is -2.10. The summed E-state index contributed by atoms with van der Waals surface area (Å²) in [5, 5.41) is 4.34. The Morgan fingerprint density at radius 2 is 2.00 bits per heavy atom. The van der Waals surface area contributed by atoms with Crippen LogP contribution in [-0.4, -0.2) is 20.5 Å². The number of ketones is 1. The Kier molecular flexibility index (Phi) is 3.87. The maximum Gasteiger partial charge on any atom is 0.143 e. The first-order chi connectivity index (χ1) is 8.69. The second-order valence-corrected chi connectivity index (χ2v) is 4.35. The third-order valence-electron chi connectivity index (χ3n) is 2.92. The summed E-state index contributed by atoms with van der Waals surface area (Å²) in [5.74, 6) is 0.201. The monoisotopic (exact) mass is 243 g/mol. The second kappa shape index (κ2) is 5.58. The van der Waals surface area contributed by atoms with Gasteiger partial charge in [0, 0.05) is 38.0 Å². The third kappa shape index (κ3) is 3.03. The Bertz CT molecular complexity index is 531. The van der Waals surface area contributed by atoms with Gasteiger partial charge in [-0.05, 0) is 30.2 Å². The van der Waals surface area contributed by atoms with E-state index in [1.165, 1.54) is 0 Å². The van der Waals surface area contributed by atoms with Gasteiger partial charge < -0.3 is 0 Å². The Balaban J connectivity index is 2.01. The van der Waals surface area contributed by atoms with Crippen molar-refractivity contribution in [3.05, 3.63) is 47.5 Å². The van der Waals surface area contributed by atoms with Crippen molar-refractivity contribution >= 4 is 5.78 Å². The number of carbonyl (C=O) groups is 1. The van der Waals surface area contributed by atoms with Crippen LogP contribution in [0.1, 0.15) is 23.9 Å². The number of aryl methyl sites for hydroxylation is 2. The van der Waals surface area contributed by atoms with Crippen LogP contribution in [0.2, 0.25) is 0 Å². The summed E-state index contributed by atoms with van der Waals surface area (Å²) in [6.07, 6.45) is 5.21. The van der Waals surface area contributed by atoms with Crippen LogP contribution >= 0.6 is 0 Å². The lowest BCUT2D eigenvalue weighted by atomic mass is 10.1. The van der Waals surface area contributed by atoms with E-state index in [4.69, 9.17) is 0 Å². The zero-order valence-electron chi connectivity index (χ0n) is 10.8. The van der Waals surface area contributed by atoms with E-state index in [0.717, 1.165) is 23.4 Å². The summed E-state index contributed by atoms with van der Waals surface area (Å²) in [4.78, 5) is 15.9. The van der Waals surface area contributed by atoms with Crippen LogP contribution in [0.25, 0.3) is 0 Å². The van der Waals surface area contributed by atoms with Crippen LogP contribution in [-0.2, 0) is 31.1 Å². The van der Waals surface area contributed by atoms with Gasteiger partial charge >= 0.3 is 0 Å². The molecule has 0 N–H and O–H groups in total. The van der Waals surface area contributed by atoms with Gasteiger partial charge in [0.25, 0.3) is 0 Å². The minimum Gasteiger partial charge on any atom is -0.299 e. The maximum atomic E-state index is 12.0. The fourth-order valence-electron chi connectivity index (χ4n) is 1.90. The molecule has 0 aliphatic rings. The number of pyridine rings is 1. The average molecular weight is 243 g/mol. The van der Waals surface area contributed by atoms with Gasteiger partial charge in [-0.15, -0.1) is 0 Å². The van der Waals surface area contributed by atoms with Gasteiger partial charge in [-0.25, -0.2) is 0 Å². The number of rotatable bonds is 5. The smallest absolute Gasteiger partial charge is 0.143 e.